The Balaban J connectivity index is 1.70. The fraction of sp³-hybridized carbons (Fsp3) is 0.290. The van der Waals surface area contributed by atoms with Crippen molar-refractivity contribution in [3.63, 3.8) is 0 Å². The Morgan fingerprint density at radius 2 is 1.60 bits per heavy atom. The molecule has 1 unspecified atom stereocenters. The average Bonchev–Trinajstić information content (AvgIpc) is 2.86. The molecule has 1 N–H and O–H groups in total. The van der Waals surface area contributed by atoms with Gasteiger partial charge in [-0.2, -0.15) is 0 Å². The Bertz CT molecular complexity index is 1280. The zero-order valence-corrected chi connectivity index (χ0v) is 21.0. The van der Waals surface area contributed by atoms with Crippen molar-refractivity contribution < 1.29 is 14.5 Å². The number of para-hydroxylation sites is 1. The standard InChI is InChI=1S/C31H33BO3/c1-29(2,33)30(3,4)35-32-24-16-12-15-23(21-24)31(22-13-6-5-7-14-22)25-17-8-10-19-27(25)34-28-20-11-9-18-26(28)31/h5-8,10-17,19-21,32-33H,9,18H2,1-4H3. The summed E-state index contributed by atoms with van der Waals surface area (Å²) in [6, 6.07) is 27.9. The summed E-state index contributed by atoms with van der Waals surface area (Å²) in [5, 5.41) is 10.6. The van der Waals surface area contributed by atoms with Gasteiger partial charge in [-0.3, -0.25) is 0 Å². The van der Waals surface area contributed by atoms with E-state index in [1.165, 1.54) is 16.7 Å². The predicted molar refractivity (Wildman–Crippen MR) is 143 cm³/mol. The summed E-state index contributed by atoms with van der Waals surface area (Å²) < 4.78 is 12.7. The van der Waals surface area contributed by atoms with Crippen LogP contribution in [0.4, 0.5) is 0 Å². The summed E-state index contributed by atoms with van der Waals surface area (Å²) in [5.74, 6) is 1.84. The lowest BCUT2D eigenvalue weighted by Crippen LogP contribution is -2.49. The molecule has 0 fully saturated rings. The lowest BCUT2D eigenvalue weighted by Gasteiger charge is -2.44. The molecule has 4 heteroatoms. The van der Waals surface area contributed by atoms with Crippen molar-refractivity contribution in [3.8, 4) is 5.75 Å². The molecular formula is C31H33BO3. The van der Waals surface area contributed by atoms with Gasteiger partial charge in [0.25, 0.3) is 0 Å². The maximum absolute atomic E-state index is 10.6. The van der Waals surface area contributed by atoms with Gasteiger partial charge < -0.3 is 14.5 Å². The van der Waals surface area contributed by atoms with Gasteiger partial charge in [-0.1, -0.05) is 84.3 Å². The molecule has 0 spiro atoms. The van der Waals surface area contributed by atoms with E-state index in [0.29, 0.717) is 7.48 Å². The van der Waals surface area contributed by atoms with E-state index in [2.05, 4.69) is 84.9 Å². The van der Waals surface area contributed by atoms with Gasteiger partial charge in [-0.15, -0.1) is 0 Å². The van der Waals surface area contributed by atoms with Gasteiger partial charge in [0.15, 0.2) is 0 Å². The topological polar surface area (TPSA) is 38.7 Å². The first kappa shape index (κ1) is 23.7. The van der Waals surface area contributed by atoms with Crippen LogP contribution in [0.15, 0.2) is 102 Å². The number of aliphatic hydroxyl groups is 1. The summed E-state index contributed by atoms with van der Waals surface area (Å²) in [4.78, 5) is 0. The van der Waals surface area contributed by atoms with Crippen molar-refractivity contribution in [2.45, 2.75) is 57.2 Å². The Kier molecular flexibility index (Phi) is 5.98. The van der Waals surface area contributed by atoms with Gasteiger partial charge in [-0.25, -0.2) is 0 Å². The Morgan fingerprint density at radius 1 is 0.886 bits per heavy atom. The minimum Gasteiger partial charge on any atom is -0.457 e. The van der Waals surface area contributed by atoms with E-state index in [4.69, 9.17) is 9.39 Å². The van der Waals surface area contributed by atoms with Crippen LogP contribution in [-0.2, 0) is 10.1 Å². The summed E-state index contributed by atoms with van der Waals surface area (Å²) >= 11 is 0. The highest BCUT2D eigenvalue weighted by atomic mass is 16.5. The number of rotatable bonds is 6. The van der Waals surface area contributed by atoms with E-state index in [-0.39, 0.29) is 0 Å². The number of hydrogen-bond acceptors (Lipinski definition) is 3. The van der Waals surface area contributed by atoms with E-state index < -0.39 is 16.6 Å². The van der Waals surface area contributed by atoms with Crippen molar-refractivity contribution in [2.75, 3.05) is 0 Å². The third-order valence-corrected chi connectivity index (χ3v) is 7.73. The van der Waals surface area contributed by atoms with E-state index in [0.717, 1.165) is 35.4 Å². The van der Waals surface area contributed by atoms with Crippen molar-refractivity contribution in [1.29, 1.82) is 0 Å². The summed E-state index contributed by atoms with van der Waals surface area (Å²) in [6.45, 7) is 7.44. The molecule has 3 nitrogen and oxygen atoms in total. The molecule has 0 radical (unpaired) electrons. The summed E-state index contributed by atoms with van der Waals surface area (Å²) in [7, 11) is 0.416. The maximum atomic E-state index is 10.6. The molecule has 1 aliphatic carbocycles. The smallest absolute Gasteiger partial charge is 0.309 e. The Labute approximate surface area is 209 Å². The minimum atomic E-state index is -0.955. The van der Waals surface area contributed by atoms with Crippen molar-refractivity contribution in [1.82, 2.24) is 0 Å². The molecular weight excluding hydrogens is 431 g/mol. The number of ether oxygens (including phenoxy) is 1. The first-order valence-electron chi connectivity index (χ1n) is 12.4. The molecule has 1 atom stereocenters. The molecule has 0 aromatic heterocycles. The summed E-state index contributed by atoms with van der Waals surface area (Å²) in [6.07, 6.45) is 6.25. The zero-order valence-electron chi connectivity index (χ0n) is 21.0. The second-order valence-electron chi connectivity index (χ2n) is 10.6. The lowest BCUT2D eigenvalue weighted by atomic mass is 9.61. The minimum absolute atomic E-state index is 0.416. The molecule has 1 heterocycles. The van der Waals surface area contributed by atoms with Gasteiger partial charge in [0.05, 0.1) is 16.6 Å². The monoisotopic (exact) mass is 464 g/mol. The fourth-order valence-electron chi connectivity index (χ4n) is 5.11. The van der Waals surface area contributed by atoms with Crippen LogP contribution in [0, 0.1) is 0 Å². The molecule has 0 saturated carbocycles. The molecule has 0 amide bonds. The largest absolute Gasteiger partial charge is 0.457 e. The molecule has 0 bridgehead atoms. The number of allylic oxidation sites excluding steroid dienone is 3. The molecule has 3 aromatic carbocycles. The first-order valence-corrected chi connectivity index (χ1v) is 12.4. The highest BCUT2D eigenvalue weighted by molar-refractivity contribution is 6.47. The van der Waals surface area contributed by atoms with E-state index in [1.807, 2.05) is 19.9 Å². The maximum Gasteiger partial charge on any atom is 0.309 e. The summed E-state index contributed by atoms with van der Waals surface area (Å²) in [5.41, 5.74) is 3.86. The molecule has 1 aliphatic heterocycles. The fourth-order valence-corrected chi connectivity index (χ4v) is 5.11. The van der Waals surface area contributed by atoms with Crippen LogP contribution in [0.5, 0.6) is 5.75 Å². The van der Waals surface area contributed by atoms with Crippen LogP contribution in [0.1, 0.15) is 57.2 Å². The number of fused-ring (bicyclic) bond motifs is 1. The predicted octanol–water partition coefficient (Wildman–Crippen LogP) is 5.56. The lowest BCUT2D eigenvalue weighted by molar-refractivity contribution is -0.0893. The number of hydrogen-bond donors (Lipinski definition) is 1. The van der Waals surface area contributed by atoms with Crippen LogP contribution in [0.2, 0.25) is 0 Å². The second-order valence-corrected chi connectivity index (χ2v) is 10.6. The van der Waals surface area contributed by atoms with Crippen molar-refractivity contribution in [3.05, 3.63) is 119 Å². The zero-order chi connectivity index (χ0) is 24.7. The van der Waals surface area contributed by atoms with Crippen LogP contribution in [0.25, 0.3) is 0 Å². The first-order chi connectivity index (χ1) is 16.7. The molecule has 5 rings (SSSR count). The third-order valence-electron chi connectivity index (χ3n) is 7.73. The number of benzene rings is 3. The van der Waals surface area contributed by atoms with Crippen LogP contribution >= 0.6 is 0 Å². The molecule has 3 aromatic rings. The average molecular weight is 464 g/mol. The highest BCUT2D eigenvalue weighted by Gasteiger charge is 2.46. The molecule has 35 heavy (non-hydrogen) atoms. The van der Waals surface area contributed by atoms with Gasteiger partial charge in [0.1, 0.15) is 11.5 Å². The SMILES string of the molecule is CC(C)(O)C(C)(C)OBc1cccc(C2(c3ccccc3)C3=C(C=CCC3)Oc3ccccc32)c1. The Morgan fingerprint density at radius 3 is 2.37 bits per heavy atom. The van der Waals surface area contributed by atoms with Crippen molar-refractivity contribution >= 4 is 12.9 Å². The molecule has 2 aliphatic rings. The third kappa shape index (κ3) is 4.05. The van der Waals surface area contributed by atoms with E-state index in [1.54, 1.807) is 13.8 Å². The quantitative estimate of drug-likeness (QED) is 0.486. The van der Waals surface area contributed by atoms with E-state index >= 15 is 0 Å². The second kappa shape index (κ2) is 8.85. The van der Waals surface area contributed by atoms with Gasteiger partial charge in [-0.05, 0) is 69.4 Å². The highest BCUT2D eigenvalue weighted by Crippen LogP contribution is 2.54. The van der Waals surface area contributed by atoms with Crippen molar-refractivity contribution in [2.24, 2.45) is 0 Å². The van der Waals surface area contributed by atoms with Crippen LogP contribution < -0.4 is 10.2 Å². The van der Waals surface area contributed by atoms with Crippen LogP contribution in [0.3, 0.4) is 0 Å². The normalized spacial score (nSPS) is 19.6. The van der Waals surface area contributed by atoms with Gasteiger partial charge in [0.2, 0.25) is 0 Å². The molecule has 178 valence electrons. The van der Waals surface area contributed by atoms with E-state index in [9.17, 15) is 5.11 Å². The van der Waals surface area contributed by atoms with Crippen LogP contribution in [-0.4, -0.2) is 23.8 Å². The van der Waals surface area contributed by atoms with Gasteiger partial charge in [0, 0.05) is 5.56 Å². The molecule has 0 saturated heterocycles. The Hall–Kier alpha value is -3.08. The van der Waals surface area contributed by atoms with Gasteiger partial charge >= 0.3 is 7.48 Å².